The molecule has 0 fully saturated rings. The summed E-state index contributed by atoms with van der Waals surface area (Å²) in [4.78, 5) is 11.8. The van der Waals surface area contributed by atoms with Crippen molar-refractivity contribution in [1.82, 2.24) is 14.8 Å². The van der Waals surface area contributed by atoms with Gasteiger partial charge >= 0.3 is 5.63 Å². The van der Waals surface area contributed by atoms with Gasteiger partial charge in [-0.3, -0.25) is 0 Å². The van der Waals surface area contributed by atoms with Crippen molar-refractivity contribution in [3.8, 4) is 6.07 Å². The summed E-state index contributed by atoms with van der Waals surface area (Å²) < 4.78 is 6.97. The van der Waals surface area contributed by atoms with Crippen molar-refractivity contribution in [3.05, 3.63) is 57.5 Å². The van der Waals surface area contributed by atoms with Crippen LogP contribution in [0.15, 0.2) is 33.7 Å². The number of hydrogen-bond donors (Lipinski definition) is 0. The Hall–Kier alpha value is -2.94. The molecule has 0 atom stereocenters. The van der Waals surface area contributed by atoms with Crippen LogP contribution >= 0.6 is 0 Å². The Kier molecular flexibility index (Phi) is 2.79. The fraction of sp³-hybridized carbons (Fsp3) is 0.250. The zero-order chi connectivity index (χ0) is 15.1. The lowest BCUT2D eigenvalue weighted by molar-refractivity contribution is 0.557. The molecule has 1 aliphatic carbocycles. The molecule has 22 heavy (non-hydrogen) atoms. The van der Waals surface area contributed by atoms with E-state index in [1.165, 1.54) is 23.5 Å². The summed E-state index contributed by atoms with van der Waals surface area (Å²) in [5.74, 6) is 0.225. The molecule has 4 rings (SSSR count). The first kappa shape index (κ1) is 12.8. The number of nitriles is 1. The highest BCUT2D eigenvalue weighted by atomic mass is 16.4. The van der Waals surface area contributed by atoms with Crippen molar-refractivity contribution >= 4 is 11.0 Å². The van der Waals surface area contributed by atoms with Crippen molar-refractivity contribution in [2.75, 3.05) is 0 Å². The number of aromatic nitrogens is 3. The number of hydrogen-bond acceptors (Lipinski definition) is 5. The molecule has 1 aliphatic rings. The predicted octanol–water partition coefficient (Wildman–Crippen LogP) is 1.79. The van der Waals surface area contributed by atoms with E-state index in [1.54, 1.807) is 4.57 Å². The van der Waals surface area contributed by atoms with E-state index in [2.05, 4.69) is 16.3 Å². The van der Waals surface area contributed by atoms with Gasteiger partial charge in [0.15, 0.2) is 0 Å². The van der Waals surface area contributed by atoms with Crippen LogP contribution in [0.4, 0.5) is 0 Å². The van der Waals surface area contributed by atoms with Gasteiger partial charge in [-0.15, -0.1) is 10.2 Å². The molecule has 0 spiro atoms. The predicted molar refractivity (Wildman–Crippen MR) is 78.3 cm³/mol. The second-order valence-corrected chi connectivity index (χ2v) is 5.46. The summed E-state index contributed by atoms with van der Waals surface area (Å²) >= 11 is 0. The molecule has 6 heteroatoms. The molecule has 0 aliphatic heterocycles. The van der Waals surface area contributed by atoms with E-state index >= 15 is 0 Å². The van der Waals surface area contributed by atoms with Gasteiger partial charge in [0, 0.05) is 11.5 Å². The second kappa shape index (κ2) is 4.81. The highest BCUT2D eigenvalue weighted by Gasteiger charge is 2.16. The summed E-state index contributed by atoms with van der Waals surface area (Å²) in [6.07, 6.45) is 4.71. The molecule has 3 aromatic rings. The highest BCUT2D eigenvalue weighted by molar-refractivity contribution is 5.82. The molecule has 2 aromatic heterocycles. The number of fused-ring (bicyclic) bond motifs is 2. The summed E-state index contributed by atoms with van der Waals surface area (Å²) in [6, 6.07) is 7.54. The van der Waals surface area contributed by atoms with Crippen molar-refractivity contribution in [3.63, 3.8) is 0 Å². The quantitative estimate of drug-likeness (QED) is 0.672. The first-order valence-electron chi connectivity index (χ1n) is 7.11. The van der Waals surface area contributed by atoms with Crippen molar-refractivity contribution in [1.29, 1.82) is 5.26 Å². The van der Waals surface area contributed by atoms with Gasteiger partial charge in [-0.25, -0.2) is 4.79 Å². The minimum atomic E-state index is -0.382. The number of aryl methyl sites for hydroxylation is 2. The van der Waals surface area contributed by atoms with Gasteiger partial charge in [-0.1, -0.05) is 0 Å². The number of benzene rings is 1. The summed E-state index contributed by atoms with van der Waals surface area (Å²) in [7, 11) is 0. The van der Waals surface area contributed by atoms with Crippen LogP contribution in [0.5, 0.6) is 0 Å². The van der Waals surface area contributed by atoms with E-state index in [9.17, 15) is 4.79 Å². The molecule has 0 unspecified atom stereocenters. The van der Waals surface area contributed by atoms with E-state index in [-0.39, 0.29) is 11.4 Å². The molecule has 6 nitrogen and oxygen atoms in total. The zero-order valence-corrected chi connectivity index (χ0v) is 11.7. The van der Waals surface area contributed by atoms with Crippen molar-refractivity contribution < 1.29 is 4.42 Å². The Labute approximate surface area is 125 Å². The van der Waals surface area contributed by atoms with Crippen LogP contribution in [0.1, 0.15) is 28.9 Å². The topological polar surface area (TPSA) is 84.7 Å². The van der Waals surface area contributed by atoms with Gasteiger partial charge < -0.3 is 8.98 Å². The van der Waals surface area contributed by atoms with Crippen LogP contribution in [-0.2, 0) is 19.4 Å². The lowest BCUT2D eigenvalue weighted by atomic mass is 10.0. The third kappa shape index (κ3) is 1.99. The van der Waals surface area contributed by atoms with Gasteiger partial charge in [-0.2, -0.15) is 5.26 Å². The minimum absolute atomic E-state index is 0.225. The third-order valence-corrected chi connectivity index (χ3v) is 4.10. The van der Waals surface area contributed by atoms with Gasteiger partial charge in [0.25, 0.3) is 0 Å². The number of nitrogens with zero attached hydrogens (tertiary/aromatic N) is 4. The smallest absolute Gasteiger partial charge is 0.336 e. The van der Waals surface area contributed by atoms with Gasteiger partial charge in [-0.05, 0) is 48.1 Å². The lowest BCUT2D eigenvalue weighted by Crippen LogP contribution is -2.07. The molecule has 1 aromatic carbocycles. The maximum absolute atomic E-state index is 11.8. The van der Waals surface area contributed by atoms with E-state index in [1.807, 2.05) is 12.1 Å². The first-order chi connectivity index (χ1) is 10.7. The molecule has 0 saturated carbocycles. The monoisotopic (exact) mass is 292 g/mol. The van der Waals surface area contributed by atoms with Gasteiger partial charge in [0.1, 0.15) is 18.0 Å². The van der Waals surface area contributed by atoms with Crippen molar-refractivity contribution in [2.24, 2.45) is 0 Å². The van der Waals surface area contributed by atoms with Crippen molar-refractivity contribution in [2.45, 2.75) is 25.8 Å². The van der Waals surface area contributed by atoms with Crippen LogP contribution < -0.4 is 5.63 Å². The van der Waals surface area contributed by atoms with Gasteiger partial charge in [0.2, 0.25) is 5.82 Å². The second-order valence-electron chi connectivity index (χ2n) is 5.46. The molecule has 0 saturated heterocycles. The number of rotatable bonds is 2. The molecule has 0 amide bonds. The van der Waals surface area contributed by atoms with Crippen LogP contribution in [0.2, 0.25) is 0 Å². The molecule has 0 N–H and O–H groups in total. The molecule has 2 heterocycles. The lowest BCUT2D eigenvalue weighted by Gasteiger charge is -2.08. The Morgan fingerprint density at radius 1 is 1.27 bits per heavy atom. The third-order valence-electron chi connectivity index (χ3n) is 4.10. The molecular formula is C16H12N4O2. The van der Waals surface area contributed by atoms with Crippen LogP contribution in [-0.4, -0.2) is 14.8 Å². The summed E-state index contributed by atoms with van der Waals surface area (Å²) in [5.41, 5.74) is 3.61. The normalized spacial score (nSPS) is 13.2. The Morgan fingerprint density at radius 2 is 2.09 bits per heavy atom. The fourth-order valence-corrected chi connectivity index (χ4v) is 3.07. The molecule has 0 radical (unpaired) electrons. The fourth-order valence-electron chi connectivity index (χ4n) is 3.07. The Morgan fingerprint density at radius 3 is 2.91 bits per heavy atom. The average Bonchev–Trinajstić information content (AvgIpc) is 3.13. The van der Waals surface area contributed by atoms with E-state index in [0.29, 0.717) is 12.1 Å². The van der Waals surface area contributed by atoms with Crippen LogP contribution in [0, 0.1) is 11.3 Å². The zero-order valence-electron chi connectivity index (χ0n) is 11.7. The van der Waals surface area contributed by atoms with Crippen LogP contribution in [0.3, 0.4) is 0 Å². The Bertz CT molecular complexity index is 978. The summed E-state index contributed by atoms with van der Waals surface area (Å²) in [6.45, 7) is 0.372. The van der Waals surface area contributed by atoms with E-state index in [0.717, 1.165) is 30.2 Å². The highest BCUT2D eigenvalue weighted by Crippen LogP contribution is 2.28. The van der Waals surface area contributed by atoms with Crippen LogP contribution in [0.25, 0.3) is 11.0 Å². The largest absolute Gasteiger partial charge is 0.423 e. The Balaban J connectivity index is 1.90. The molecule has 108 valence electrons. The minimum Gasteiger partial charge on any atom is -0.423 e. The maximum atomic E-state index is 11.8. The molecule has 0 bridgehead atoms. The standard InChI is InChI=1S/C16H12N4O2/c17-7-15-19-18-9-20(15)8-12-6-16(21)22-14-5-11-3-1-2-10(11)4-13(12)14/h4-6,9H,1-3,8H2. The summed E-state index contributed by atoms with van der Waals surface area (Å²) in [5, 5.41) is 17.4. The van der Waals surface area contributed by atoms with E-state index in [4.69, 9.17) is 9.68 Å². The van der Waals surface area contributed by atoms with E-state index < -0.39 is 0 Å². The maximum Gasteiger partial charge on any atom is 0.336 e. The molecular weight excluding hydrogens is 280 g/mol. The SMILES string of the molecule is N#Cc1nncn1Cc1cc(=O)oc2cc3c(cc12)CCC3. The van der Waals surface area contributed by atoms with Gasteiger partial charge in [0.05, 0.1) is 6.54 Å². The first-order valence-corrected chi connectivity index (χ1v) is 7.11. The average molecular weight is 292 g/mol.